The molecule has 0 fully saturated rings. The Morgan fingerprint density at radius 1 is 1.35 bits per heavy atom. The average Bonchev–Trinajstić information content (AvgIpc) is 2.92. The molecule has 0 saturated carbocycles. The number of aromatic nitrogens is 2. The van der Waals surface area contributed by atoms with Gasteiger partial charge in [-0.3, -0.25) is 4.79 Å². The zero-order chi connectivity index (χ0) is 14.4. The van der Waals surface area contributed by atoms with Crippen molar-refractivity contribution in [2.45, 2.75) is 12.3 Å². The first-order valence-electron chi connectivity index (χ1n) is 5.58. The Labute approximate surface area is 137 Å². The van der Waals surface area contributed by atoms with Gasteiger partial charge in [0, 0.05) is 16.5 Å². The number of rotatable bonds is 2. The smallest absolute Gasteiger partial charge is 0.260 e. The second-order valence-corrected chi connectivity index (χ2v) is 7.93. The summed E-state index contributed by atoms with van der Waals surface area (Å²) >= 11 is 20.7. The highest BCUT2D eigenvalue weighted by Crippen LogP contribution is 2.41. The highest BCUT2D eigenvalue weighted by molar-refractivity contribution is 7.20. The number of nitrogens with one attached hydrogen (secondary N) is 1. The number of hydrogen-bond donors (Lipinski definition) is 1. The largest absolute Gasteiger partial charge is 0.309 e. The van der Waals surface area contributed by atoms with Crippen molar-refractivity contribution in [3.8, 4) is 11.1 Å². The molecule has 1 atom stereocenters. The van der Waals surface area contributed by atoms with E-state index in [-0.39, 0.29) is 10.9 Å². The lowest BCUT2D eigenvalue weighted by atomic mass is 10.1. The normalized spacial score (nSPS) is 13.0. The van der Waals surface area contributed by atoms with Crippen molar-refractivity contribution in [3.05, 3.63) is 36.3 Å². The van der Waals surface area contributed by atoms with E-state index in [1.807, 2.05) is 5.38 Å². The van der Waals surface area contributed by atoms with Gasteiger partial charge in [-0.15, -0.1) is 34.3 Å². The molecule has 3 heterocycles. The second-order valence-electron chi connectivity index (χ2n) is 4.13. The van der Waals surface area contributed by atoms with E-state index in [0.29, 0.717) is 24.7 Å². The number of H-pyrrole nitrogens is 1. The first kappa shape index (κ1) is 14.4. The van der Waals surface area contributed by atoms with Gasteiger partial charge in [0.1, 0.15) is 15.0 Å². The molecule has 20 heavy (non-hydrogen) atoms. The molecule has 3 nitrogen and oxygen atoms in total. The fourth-order valence-electron chi connectivity index (χ4n) is 1.88. The van der Waals surface area contributed by atoms with Gasteiger partial charge in [-0.25, -0.2) is 4.98 Å². The molecule has 0 saturated heterocycles. The summed E-state index contributed by atoms with van der Waals surface area (Å²) in [7, 11) is 0. The third-order valence-electron chi connectivity index (χ3n) is 2.79. The Kier molecular flexibility index (Phi) is 3.81. The van der Waals surface area contributed by atoms with Crippen molar-refractivity contribution in [2.24, 2.45) is 0 Å². The van der Waals surface area contributed by atoms with Crippen LogP contribution >= 0.6 is 57.5 Å². The van der Waals surface area contributed by atoms with E-state index < -0.39 is 0 Å². The molecule has 0 spiro atoms. The summed E-state index contributed by atoms with van der Waals surface area (Å²) in [5, 5.41) is 2.03. The van der Waals surface area contributed by atoms with Crippen LogP contribution in [-0.2, 0) is 0 Å². The third kappa shape index (κ3) is 2.38. The summed E-state index contributed by atoms with van der Waals surface area (Å²) in [6.45, 7) is 1.76. The van der Waals surface area contributed by atoms with Gasteiger partial charge in [0.25, 0.3) is 5.56 Å². The maximum absolute atomic E-state index is 12.3. The summed E-state index contributed by atoms with van der Waals surface area (Å²) in [4.78, 5) is 20.0. The van der Waals surface area contributed by atoms with Crippen molar-refractivity contribution < 1.29 is 0 Å². The van der Waals surface area contributed by atoms with E-state index >= 15 is 0 Å². The topological polar surface area (TPSA) is 45.8 Å². The lowest BCUT2D eigenvalue weighted by Crippen LogP contribution is -2.11. The molecule has 8 heteroatoms. The lowest BCUT2D eigenvalue weighted by Gasteiger charge is -2.02. The Bertz CT molecular complexity index is 850. The summed E-state index contributed by atoms with van der Waals surface area (Å²) in [6.07, 6.45) is 0. The van der Waals surface area contributed by atoms with Crippen LogP contribution < -0.4 is 5.56 Å². The van der Waals surface area contributed by atoms with Crippen molar-refractivity contribution in [3.63, 3.8) is 0 Å². The molecule has 3 aromatic heterocycles. The van der Waals surface area contributed by atoms with E-state index in [0.717, 1.165) is 11.1 Å². The Morgan fingerprint density at radius 2 is 2.10 bits per heavy atom. The molecule has 0 aliphatic carbocycles. The maximum atomic E-state index is 12.3. The van der Waals surface area contributed by atoms with Gasteiger partial charge >= 0.3 is 0 Å². The van der Waals surface area contributed by atoms with Crippen molar-refractivity contribution in [1.29, 1.82) is 0 Å². The molecule has 0 aliphatic heterocycles. The van der Waals surface area contributed by atoms with E-state index in [1.165, 1.54) is 22.7 Å². The minimum absolute atomic E-state index is 0.216. The molecule has 0 aliphatic rings. The molecule has 1 unspecified atom stereocenters. The van der Waals surface area contributed by atoms with Gasteiger partial charge in [0.05, 0.1) is 15.1 Å². The van der Waals surface area contributed by atoms with Crippen LogP contribution in [0.2, 0.25) is 8.67 Å². The monoisotopic (exact) mass is 364 g/mol. The number of alkyl halides is 1. The SMILES string of the molecule is CC(Cl)c1nc2scc(-c3cc(Cl)sc3Cl)c2c(=O)[nH]1. The summed E-state index contributed by atoms with van der Waals surface area (Å²) in [5.41, 5.74) is 1.29. The molecular weight excluding hydrogens is 359 g/mol. The van der Waals surface area contributed by atoms with Crippen molar-refractivity contribution >= 4 is 67.7 Å². The summed E-state index contributed by atoms with van der Waals surface area (Å²) < 4.78 is 1.14. The highest BCUT2D eigenvalue weighted by Gasteiger charge is 2.17. The first-order valence-corrected chi connectivity index (χ1v) is 8.47. The predicted octanol–water partition coefficient (Wildman–Crippen LogP) is 5.32. The van der Waals surface area contributed by atoms with Gasteiger partial charge in [-0.1, -0.05) is 23.2 Å². The van der Waals surface area contributed by atoms with Crippen molar-refractivity contribution in [2.75, 3.05) is 0 Å². The quantitative estimate of drug-likeness (QED) is 0.625. The molecule has 3 aromatic rings. The molecule has 1 N–H and O–H groups in total. The molecule has 0 amide bonds. The zero-order valence-electron chi connectivity index (χ0n) is 10.0. The van der Waals surface area contributed by atoms with Crippen LogP contribution in [0.5, 0.6) is 0 Å². The van der Waals surface area contributed by atoms with Crippen LogP contribution in [0.25, 0.3) is 21.3 Å². The number of fused-ring (bicyclic) bond motifs is 1. The van der Waals surface area contributed by atoms with Crippen LogP contribution in [0.3, 0.4) is 0 Å². The van der Waals surface area contributed by atoms with Crippen molar-refractivity contribution in [1.82, 2.24) is 9.97 Å². The Balaban J connectivity index is 2.29. The summed E-state index contributed by atoms with van der Waals surface area (Å²) in [6, 6.07) is 1.76. The lowest BCUT2D eigenvalue weighted by molar-refractivity contribution is 0.917. The van der Waals surface area contributed by atoms with Crippen LogP contribution in [0.4, 0.5) is 0 Å². The van der Waals surface area contributed by atoms with Crippen LogP contribution in [0.1, 0.15) is 18.1 Å². The second kappa shape index (κ2) is 5.31. The first-order chi connectivity index (χ1) is 9.47. The van der Waals surface area contributed by atoms with Gasteiger partial charge in [0.15, 0.2) is 0 Å². The predicted molar refractivity (Wildman–Crippen MR) is 87.8 cm³/mol. The van der Waals surface area contributed by atoms with Gasteiger partial charge in [0.2, 0.25) is 0 Å². The number of aromatic amines is 1. The van der Waals surface area contributed by atoms with E-state index in [4.69, 9.17) is 34.8 Å². The van der Waals surface area contributed by atoms with Crippen LogP contribution in [-0.4, -0.2) is 9.97 Å². The maximum Gasteiger partial charge on any atom is 0.260 e. The Morgan fingerprint density at radius 3 is 2.70 bits per heavy atom. The third-order valence-corrected chi connectivity index (χ3v) is 5.35. The number of halogens is 3. The van der Waals surface area contributed by atoms with Gasteiger partial charge in [-0.05, 0) is 13.0 Å². The van der Waals surface area contributed by atoms with E-state index in [9.17, 15) is 4.79 Å². The minimum Gasteiger partial charge on any atom is -0.309 e. The standard InChI is InChI=1S/C12H7Cl3N2OS2/c1-4(13)10-16-11(18)8-6(3-19-12(8)17-10)5-2-7(14)20-9(5)15/h2-4H,1H3,(H,16,17,18). The van der Waals surface area contributed by atoms with Gasteiger partial charge < -0.3 is 4.98 Å². The molecular formula is C12H7Cl3N2OS2. The Hall–Kier alpha value is -0.590. The minimum atomic E-state index is -0.350. The van der Waals surface area contributed by atoms with Gasteiger partial charge in [-0.2, -0.15) is 0 Å². The fourth-order valence-corrected chi connectivity index (χ4v) is 4.42. The molecule has 0 aromatic carbocycles. The summed E-state index contributed by atoms with van der Waals surface area (Å²) in [5.74, 6) is 0.465. The molecule has 0 bridgehead atoms. The fraction of sp³-hybridized carbons (Fsp3) is 0.167. The highest BCUT2D eigenvalue weighted by atomic mass is 35.5. The molecule has 104 valence electrons. The average molecular weight is 366 g/mol. The number of nitrogens with zero attached hydrogens (tertiary/aromatic N) is 1. The van der Waals surface area contributed by atoms with E-state index in [2.05, 4.69) is 9.97 Å². The number of thiophene rings is 2. The number of hydrogen-bond acceptors (Lipinski definition) is 4. The molecule has 0 radical (unpaired) electrons. The van der Waals surface area contributed by atoms with Crippen LogP contribution in [0, 0.1) is 0 Å². The van der Waals surface area contributed by atoms with E-state index in [1.54, 1.807) is 13.0 Å². The zero-order valence-corrected chi connectivity index (χ0v) is 13.9. The van der Waals surface area contributed by atoms with Crippen LogP contribution in [0.15, 0.2) is 16.2 Å². The molecule has 3 rings (SSSR count).